The molecule has 0 spiro atoms. The van der Waals surface area contributed by atoms with Crippen molar-refractivity contribution in [2.45, 2.75) is 19.6 Å². The van der Waals surface area contributed by atoms with Gasteiger partial charge >= 0.3 is 0 Å². The maximum Gasteiger partial charge on any atom is 0.180 e. The normalized spacial score (nSPS) is 19.9. The van der Waals surface area contributed by atoms with Crippen molar-refractivity contribution in [2.75, 3.05) is 19.7 Å². The summed E-state index contributed by atoms with van der Waals surface area (Å²) in [5.74, 6) is 1.14. The number of halogens is 2. The van der Waals surface area contributed by atoms with Crippen LogP contribution in [-0.2, 0) is 11.3 Å². The van der Waals surface area contributed by atoms with Crippen molar-refractivity contribution in [3.05, 3.63) is 46.3 Å². The molecule has 5 nitrogen and oxygen atoms in total. The molecule has 1 aromatic carbocycles. The zero-order valence-corrected chi connectivity index (χ0v) is 12.4. The largest absolute Gasteiger partial charge is 0.367 e. The van der Waals surface area contributed by atoms with E-state index in [9.17, 15) is 4.39 Å². The van der Waals surface area contributed by atoms with E-state index in [1.165, 1.54) is 12.1 Å². The Bertz CT molecular complexity index is 633. The molecule has 1 aromatic heterocycles. The Kier molecular flexibility index (Phi) is 4.19. The highest BCUT2D eigenvalue weighted by Crippen LogP contribution is 2.23. The van der Waals surface area contributed by atoms with Crippen LogP contribution in [-0.4, -0.2) is 39.8 Å². The molecule has 112 valence electrons. The molecular formula is C14H16ClFN4O. The number of rotatable bonds is 3. The number of aromatic amines is 1. The van der Waals surface area contributed by atoms with Gasteiger partial charge in [-0.1, -0.05) is 11.6 Å². The molecule has 0 bridgehead atoms. The van der Waals surface area contributed by atoms with Gasteiger partial charge in [-0.2, -0.15) is 5.10 Å². The molecule has 1 atom stereocenters. The van der Waals surface area contributed by atoms with E-state index < -0.39 is 0 Å². The van der Waals surface area contributed by atoms with Crippen molar-refractivity contribution in [3.63, 3.8) is 0 Å². The first-order valence-electron chi connectivity index (χ1n) is 6.78. The maximum absolute atomic E-state index is 13.3. The molecule has 1 N–H and O–H groups in total. The van der Waals surface area contributed by atoms with E-state index in [-0.39, 0.29) is 11.9 Å². The van der Waals surface area contributed by atoms with Crippen LogP contribution in [0.2, 0.25) is 5.02 Å². The zero-order chi connectivity index (χ0) is 14.8. The number of hydrogen-bond acceptors (Lipinski definition) is 4. The summed E-state index contributed by atoms with van der Waals surface area (Å²) >= 11 is 6.12. The van der Waals surface area contributed by atoms with Crippen LogP contribution in [0.15, 0.2) is 18.2 Å². The molecule has 2 heterocycles. The minimum atomic E-state index is -0.274. The summed E-state index contributed by atoms with van der Waals surface area (Å²) in [6.07, 6.45) is -0.170. The highest BCUT2D eigenvalue weighted by atomic mass is 35.5. The number of nitrogens with zero attached hydrogens (tertiary/aromatic N) is 3. The fraction of sp³-hybridized carbons (Fsp3) is 0.429. The zero-order valence-electron chi connectivity index (χ0n) is 11.6. The Balaban J connectivity index is 1.70. The second-order valence-corrected chi connectivity index (χ2v) is 5.52. The topological polar surface area (TPSA) is 54.0 Å². The summed E-state index contributed by atoms with van der Waals surface area (Å²) in [5, 5.41) is 7.53. The van der Waals surface area contributed by atoms with Gasteiger partial charge in [-0.15, -0.1) is 0 Å². The van der Waals surface area contributed by atoms with Gasteiger partial charge in [0.25, 0.3) is 0 Å². The number of morpholine rings is 1. The molecule has 1 fully saturated rings. The molecule has 0 unspecified atom stereocenters. The minimum absolute atomic E-state index is 0.170. The van der Waals surface area contributed by atoms with Crippen LogP contribution in [0.3, 0.4) is 0 Å². The van der Waals surface area contributed by atoms with Gasteiger partial charge in [-0.3, -0.25) is 10.00 Å². The second kappa shape index (κ2) is 6.09. The third-order valence-electron chi connectivity index (χ3n) is 3.45. The van der Waals surface area contributed by atoms with Crippen molar-refractivity contribution in [3.8, 4) is 0 Å². The van der Waals surface area contributed by atoms with E-state index in [0.29, 0.717) is 30.5 Å². The fourth-order valence-corrected chi connectivity index (χ4v) is 2.59. The number of H-pyrrole nitrogens is 1. The summed E-state index contributed by atoms with van der Waals surface area (Å²) in [4.78, 5) is 6.47. The molecule has 2 aromatic rings. The number of ether oxygens (including phenoxy) is 1. The van der Waals surface area contributed by atoms with E-state index in [1.807, 2.05) is 6.92 Å². The van der Waals surface area contributed by atoms with E-state index >= 15 is 0 Å². The minimum Gasteiger partial charge on any atom is -0.367 e. The van der Waals surface area contributed by atoms with Crippen LogP contribution in [0.4, 0.5) is 4.39 Å². The van der Waals surface area contributed by atoms with Gasteiger partial charge in [0.15, 0.2) is 5.82 Å². The Morgan fingerprint density at radius 2 is 2.38 bits per heavy atom. The quantitative estimate of drug-likeness (QED) is 0.946. The highest BCUT2D eigenvalue weighted by molar-refractivity contribution is 6.31. The van der Waals surface area contributed by atoms with Gasteiger partial charge in [0.05, 0.1) is 6.61 Å². The molecule has 0 amide bonds. The predicted octanol–water partition coefficient (Wildman–Crippen LogP) is 2.48. The Hall–Kier alpha value is -1.50. The van der Waals surface area contributed by atoms with E-state index in [4.69, 9.17) is 16.3 Å². The SMILES string of the molecule is Cc1nc([C@H]2CN(Cc3cc(F)ccc3Cl)CCO2)n[nH]1. The molecule has 1 saturated heterocycles. The van der Waals surface area contributed by atoms with Crippen LogP contribution < -0.4 is 0 Å². The van der Waals surface area contributed by atoms with E-state index in [0.717, 1.165) is 17.9 Å². The van der Waals surface area contributed by atoms with Crippen molar-refractivity contribution < 1.29 is 9.13 Å². The summed E-state index contributed by atoms with van der Waals surface area (Å²) in [6.45, 7) is 4.45. The average Bonchev–Trinajstić information content (AvgIpc) is 2.90. The lowest BCUT2D eigenvalue weighted by molar-refractivity contribution is -0.0370. The Morgan fingerprint density at radius 3 is 3.14 bits per heavy atom. The van der Waals surface area contributed by atoms with Crippen LogP contribution in [0.5, 0.6) is 0 Å². The molecule has 21 heavy (non-hydrogen) atoms. The molecule has 0 saturated carbocycles. The average molecular weight is 311 g/mol. The van der Waals surface area contributed by atoms with Gasteiger partial charge in [-0.25, -0.2) is 9.37 Å². The number of aromatic nitrogens is 3. The first kappa shape index (κ1) is 14.4. The lowest BCUT2D eigenvalue weighted by Gasteiger charge is -2.31. The molecule has 7 heteroatoms. The van der Waals surface area contributed by atoms with Crippen molar-refractivity contribution in [1.29, 1.82) is 0 Å². The number of hydrogen-bond donors (Lipinski definition) is 1. The van der Waals surface area contributed by atoms with Crippen molar-refractivity contribution in [1.82, 2.24) is 20.1 Å². The summed E-state index contributed by atoms with van der Waals surface area (Å²) in [5.41, 5.74) is 0.781. The van der Waals surface area contributed by atoms with Gasteiger partial charge < -0.3 is 4.74 Å². The molecule has 0 aliphatic carbocycles. The second-order valence-electron chi connectivity index (χ2n) is 5.11. The first-order chi connectivity index (χ1) is 10.1. The van der Waals surface area contributed by atoms with Crippen molar-refractivity contribution >= 4 is 11.6 Å². The van der Waals surface area contributed by atoms with Gasteiger partial charge in [-0.05, 0) is 30.7 Å². The van der Waals surface area contributed by atoms with Gasteiger partial charge in [0.1, 0.15) is 17.7 Å². The Morgan fingerprint density at radius 1 is 1.52 bits per heavy atom. The van der Waals surface area contributed by atoms with Gasteiger partial charge in [0, 0.05) is 24.7 Å². The summed E-state index contributed by atoms with van der Waals surface area (Å²) in [6, 6.07) is 4.43. The summed E-state index contributed by atoms with van der Waals surface area (Å²) in [7, 11) is 0. The lowest BCUT2D eigenvalue weighted by atomic mass is 10.1. The third kappa shape index (κ3) is 3.40. The molecule has 3 rings (SSSR count). The predicted molar refractivity (Wildman–Crippen MR) is 76.5 cm³/mol. The number of nitrogens with one attached hydrogen (secondary N) is 1. The molecule has 1 aliphatic heterocycles. The maximum atomic E-state index is 13.3. The Labute approximate surface area is 127 Å². The van der Waals surface area contributed by atoms with E-state index in [2.05, 4.69) is 20.1 Å². The van der Waals surface area contributed by atoms with Crippen LogP contribution in [0.1, 0.15) is 23.3 Å². The third-order valence-corrected chi connectivity index (χ3v) is 3.82. The molecule has 1 aliphatic rings. The highest BCUT2D eigenvalue weighted by Gasteiger charge is 2.25. The molecular weight excluding hydrogens is 295 g/mol. The van der Waals surface area contributed by atoms with Crippen LogP contribution >= 0.6 is 11.6 Å². The lowest BCUT2D eigenvalue weighted by Crippen LogP contribution is -2.38. The fourth-order valence-electron chi connectivity index (χ4n) is 2.41. The van der Waals surface area contributed by atoms with Crippen molar-refractivity contribution in [2.24, 2.45) is 0 Å². The standard InChI is InChI=1S/C14H16ClFN4O/c1-9-17-14(19-18-9)13-8-20(4-5-21-13)7-10-6-11(16)2-3-12(10)15/h2-3,6,13H,4-5,7-8H2,1H3,(H,17,18,19)/t13-/m1/s1. The van der Waals surface area contributed by atoms with Crippen LogP contribution in [0, 0.1) is 12.7 Å². The number of benzene rings is 1. The van der Waals surface area contributed by atoms with E-state index in [1.54, 1.807) is 6.07 Å². The smallest absolute Gasteiger partial charge is 0.180 e. The molecule has 0 radical (unpaired) electrons. The van der Waals surface area contributed by atoms with Crippen LogP contribution in [0.25, 0.3) is 0 Å². The monoisotopic (exact) mass is 310 g/mol. The summed E-state index contributed by atoms with van der Waals surface area (Å²) < 4.78 is 19.0. The number of aryl methyl sites for hydroxylation is 1. The first-order valence-corrected chi connectivity index (χ1v) is 7.16. The van der Waals surface area contributed by atoms with Gasteiger partial charge in [0.2, 0.25) is 0 Å².